The lowest BCUT2D eigenvalue weighted by molar-refractivity contribution is 0.207. The SMILES string of the molecule is CCc1cc(C(O)c2cc(C)c(OC)cc2C)n(CC)n1. The van der Waals surface area contributed by atoms with E-state index in [9.17, 15) is 5.11 Å². The summed E-state index contributed by atoms with van der Waals surface area (Å²) >= 11 is 0. The second kappa shape index (κ2) is 6.31. The number of aromatic nitrogens is 2. The van der Waals surface area contributed by atoms with E-state index in [1.54, 1.807) is 7.11 Å². The Morgan fingerprint density at radius 3 is 2.48 bits per heavy atom. The van der Waals surface area contributed by atoms with Crippen LogP contribution in [0.5, 0.6) is 5.75 Å². The third kappa shape index (κ3) is 2.95. The number of benzene rings is 1. The lowest BCUT2D eigenvalue weighted by atomic mass is 9.98. The summed E-state index contributed by atoms with van der Waals surface area (Å²) in [5.41, 5.74) is 4.81. The van der Waals surface area contributed by atoms with Gasteiger partial charge < -0.3 is 9.84 Å². The van der Waals surface area contributed by atoms with Crippen LogP contribution in [-0.2, 0) is 13.0 Å². The topological polar surface area (TPSA) is 47.3 Å². The normalized spacial score (nSPS) is 12.5. The van der Waals surface area contributed by atoms with E-state index in [0.717, 1.165) is 46.8 Å². The maximum atomic E-state index is 10.8. The first kappa shape index (κ1) is 15.6. The molecule has 21 heavy (non-hydrogen) atoms. The zero-order chi connectivity index (χ0) is 15.6. The van der Waals surface area contributed by atoms with Gasteiger partial charge in [0.15, 0.2) is 0 Å². The summed E-state index contributed by atoms with van der Waals surface area (Å²) in [5, 5.41) is 15.3. The van der Waals surface area contributed by atoms with Crippen molar-refractivity contribution >= 4 is 0 Å². The molecule has 0 bridgehead atoms. The van der Waals surface area contributed by atoms with Gasteiger partial charge in [-0.15, -0.1) is 0 Å². The Balaban J connectivity index is 2.46. The van der Waals surface area contributed by atoms with Gasteiger partial charge in [0, 0.05) is 6.54 Å². The number of aryl methyl sites for hydroxylation is 4. The third-order valence-corrected chi connectivity index (χ3v) is 3.88. The molecule has 1 aromatic carbocycles. The van der Waals surface area contributed by atoms with Crippen LogP contribution in [0.1, 0.15) is 48.0 Å². The van der Waals surface area contributed by atoms with Gasteiger partial charge in [0.2, 0.25) is 0 Å². The quantitative estimate of drug-likeness (QED) is 0.919. The van der Waals surface area contributed by atoms with Crippen LogP contribution in [0.4, 0.5) is 0 Å². The van der Waals surface area contributed by atoms with Crippen LogP contribution in [0.25, 0.3) is 0 Å². The Kier molecular flexibility index (Phi) is 4.68. The van der Waals surface area contributed by atoms with Gasteiger partial charge in [-0.25, -0.2) is 0 Å². The molecule has 1 atom stereocenters. The molecule has 0 fully saturated rings. The van der Waals surface area contributed by atoms with Crippen LogP contribution in [0.2, 0.25) is 0 Å². The van der Waals surface area contributed by atoms with Gasteiger partial charge in [0.25, 0.3) is 0 Å². The van der Waals surface area contributed by atoms with Crippen molar-refractivity contribution in [2.75, 3.05) is 7.11 Å². The highest BCUT2D eigenvalue weighted by molar-refractivity contribution is 5.44. The van der Waals surface area contributed by atoms with E-state index in [1.807, 2.05) is 43.7 Å². The van der Waals surface area contributed by atoms with E-state index in [2.05, 4.69) is 12.0 Å². The van der Waals surface area contributed by atoms with Crippen LogP contribution in [0.15, 0.2) is 18.2 Å². The number of hydrogen-bond donors (Lipinski definition) is 1. The first-order valence-corrected chi connectivity index (χ1v) is 7.41. The highest BCUT2D eigenvalue weighted by Gasteiger charge is 2.19. The smallest absolute Gasteiger partial charge is 0.122 e. The molecule has 114 valence electrons. The summed E-state index contributed by atoms with van der Waals surface area (Å²) in [5.74, 6) is 0.849. The molecule has 2 aromatic rings. The predicted octanol–water partition coefficient (Wildman–Crippen LogP) is 3.17. The van der Waals surface area contributed by atoms with Crippen LogP contribution >= 0.6 is 0 Å². The van der Waals surface area contributed by atoms with Gasteiger partial charge in [-0.1, -0.05) is 6.92 Å². The number of aliphatic hydroxyl groups is 1. The molecule has 1 unspecified atom stereocenters. The number of rotatable bonds is 5. The molecule has 1 heterocycles. The average Bonchev–Trinajstić information content (AvgIpc) is 2.91. The Hall–Kier alpha value is -1.81. The molecule has 4 heteroatoms. The Morgan fingerprint density at radius 2 is 1.90 bits per heavy atom. The minimum atomic E-state index is -0.664. The summed E-state index contributed by atoms with van der Waals surface area (Å²) in [6.45, 7) is 8.84. The van der Waals surface area contributed by atoms with Crippen LogP contribution < -0.4 is 4.74 Å². The first-order valence-electron chi connectivity index (χ1n) is 7.41. The van der Waals surface area contributed by atoms with E-state index in [-0.39, 0.29) is 0 Å². The molecule has 1 N–H and O–H groups in total. The first-order chi connectivity index (χ1) is 10.0. The van der Waals surface area contributed by atoms with Crippen molar-refractivity contribution in [1.82, 2.24) is 9.78 Å². The molecule has 0 aliphatic carbocycles. The Bertz CT molecular complexity index is 632. The fourth-order valence-corrected chi connectivity index (χ4v) is 2.62. The predicted molar refractivity (Wildman–Crippen MR) is 83.8 cm³/mol. The van der Waals surface area contributed by atoms with E-state index < -0.39 is 6.10 Å². The summed E-state index contributed by atoms with van der Waals surface area (Å²) < 4.78 is 7.21. The fraction of sp³-hybridized carbons (Fsp3) is 0.471. The summed E-state index contributed by atoms with van der Waals surface area (Å²) in [7, 11) is 1.66. The minimum absolute atomic E-state index is 0.664. The number of methoxy groups -OCH3 is 1. The largest absolute Gasteiger partial charge is 0.496 e. The van der Waals surface area contributed by atoms with E-state index >= 15 is 0 Å². The second-order valence-electron chi connectivity index (χ2n) is 5.31. The zero-order valence-electron chi connectivity index (χ0n) is 13.5. The van der Waals surface area contributed by atoms with Gasteiger partial charge in [0.1, 0.15) is 11.9 Å². The summed E-state index contributed by atoms with van der Waals surface area (Å²) in [6, 6.07) is 5.96. The van der Waals surface area contributed by atoms with Gasteiger partial charge in [0.05, 0.1) is 18.5 Å². The van der Waals surface area contributed by atoms with Crippen LogP contribution in [0, 0.1) is 13.8 Å². The molecule has 0 saturated heterocycles. The second-order valence-corrected chi connectivity index (χ2v) is 5.31. The maximum absolute atomic E-state index is 10.8. The minimum Gasteiger partial charge on any atom is -0.496 e. The maximum Gasteiger partial charge on any atom is 0.122 e. The van der Waals surface area contributed by atoms with E-state index in [4.69, 9.17) is 4.74 Å². The van der Waals surface area contributed by atoms with Crippen molar-refractivity contribution in [2.45, 2.75) is 46.8 Å². The molecule has 0 saturated carbocycles. The van der Waals surface area contributed by atoms with Crippen LogP contribution in [-0.4, -0.2) is 22.0 Å². The standard InChI is InChI=1S/C17H24N2O2/c1-6-13-10-15(19(7-2)18-13)17(20)14-8-12(4)16(21-5)9-11(14)3/h8-10,17,20H,6-7H2,1-5H3. The highest BCUT2D eigenvalue weighted by Crippen LogP contribution is 2.30. The third-order valence-electron chi connectivity index (χ3n) is 3.88. The molecule has 0 aliphatic heterocycles. The zero-order valence-corrected chi connectivity index (χ0v) is 13.5. The number of ether oxygens (including phenoxy) is 1. The van der Waals surface area contributed by atoms with Gasteiger partial charge >= 0.3 is 0 Å². The van der Waals surface area contributed by atoms with Crippen molar-refractivity contribution < 1.29 is 9.84 Å². The average molecular weight is 288 g/mol. The fourth-order valence-electron chi connectivity index (χ4n) is 2.62. The molecule has 0 radical (unpaired) electrons. The molecule has 4 nitrogen and oxygen atoms in total. The highest BCUT2D eigenvalue weighted by atomic mass is 16.5. The molecule has 0 aliphatic rings. The molecule has 0 amide bonds. The summed E-state index contributed by atoms with van der Waals surface area (Å²) in [4.78, 5) is 0. The molecule has 0 spiro atoms. The monoisotopic (exact) mass is 288 g/mol. The molecular formula is C17H24N2O2. The lowest BCUT2D eigenvalue weighted by Crippen LogP contribution is -2.10. The number of hydrogen-bond acceptors (Lipinski definition) is 3. The molecule has 1 aromatic heterocycles. The molecular weight excluding hydrogens is 264 g/mol. The van der Waals surface area contributed by atoms with E-state index in [1.165, 1.54) is 0 Å². The van der Waals surface area contributed by atoms with Gasteiger partial charge in [-0.2, -0.15) is 5.10 Å². The Morgan fingerprint density at radius 1 is 1.19 bits per heavy atom. The summed E-state index contributed by atoms with van der Waals surface area (Å²) in [6.07, 6.45) is 0.204. The van der Waals surface area contributed by atoms with Gasteiger partial charge in [-0.3, -0.25) is 4.68 Å². The van der Waals surface area contributed by atoms with Crippen molar-refractivity contribution in [2.24, 2.45) is 0 Å². The van der Waals surface area contributed by atoms with E-state index in [0.29, 0.717) is 0 Å². The lowest BCUT2D eigenvalue weighted by Gasteiger charge is -2.17. The van der Waals surface area contributed by atoms with Crippen LogP contribution in [0.3, 0.4) is 0 Å². The van der Waals surface area contributed by atoms with Crippen molar-refractivity contribution in [3.8, 4) is 5.75 Å². The van der Waals surface area contributed by atoms with Crippen molar-refractivity contribution in [3.05, 3.63) is 46.3 Å². The Labute approximate surface area is 126 Å². The number of nitrogens with zero attached hydrogens (tertiary/aromatic N) is 2. The van der Waals surface area contributed by atoms with Crippen molar-refractivity contribution in [1.29, 1.82) is 0 Å². The number of aliphatic hydroxyl groups excluding tert-OH is 1. The van der Waals surface area contributed by atoms with Gasteiger partial charge in [-0.05, 0) is 62.1 Å². The van der Waals surface area contributed by atoms with Crippen molar-refractivity contribution in [3.63, 3.8) is 0 Å². The molecule has 2 rings (SSSR count).